The molecule has 0 amide bonds. The van der Waals surface area contributed by atoms with Crippen molar-refractivity contribution < 1.29 is 98.2 Å². The van der Waals surface area contributed by atoms with Crippen LogP contribution in [0.4, 0.5) is 58.4 Å². The van der Waals surface area contributed by atoms with Crippen molar-refractivity contribution in [3.05, 3.63) is 83.9 Å². The lowest BCUT2D eigenvalue weighted by molar-refractivity contribution is 0.176. The van der Waals surface area contributed by atoms with Gasteiger partial charge in [-0.15, -0.1) is 0 Å². The molecule has 4 unspecified atom stereocenters. The average molecular weight is 1290 g/mol. The monoisotopic (exact) mass is 1290 g/mol. The molecule has 6 rings (SSSR count). The Bertz CT molecular complexity index is 3930. The molecule has 0 aliphatic carbocycles. The van der Waals surface area contributed by atoms with Gasteiger partial charge in [-0.2, -0.15) is 80.4 Å². The van der Waals surface area contributed by atoms with Crippen LogP contribution in [0.2, 0.25) is 0 Å². The number of aliphatic hydroxyl groups is 4. The molecular weight excluding hydrogens is 1240 g/mol. The van der Waals surface area contributed by atoms with Gasteiger partial charge < -0.3 is 51.5 Å². The summed E-state index contributed by atoms with van der Waals surface area (Å²) in [6.07, 6.45) is -2.39. The summed E-state index contributed by atoms with van der Waals surface area (Å²) in [7, 11) is -30.6. The first-order valence-electron chi connectivity index (χ1n) is 23.6. The molecule has 0 bridgehead atoms. The van der Waals surface area contributed by atoms with E-state index < -0.39 is 150 Å². The summed E-state index contributed by atoms with van der Waals surface area (Å²) in [6.45, 7) is 4.47. The van der Waals surface area contributed by atoms with Gasteiger partial charge in [0.25, 0.3) is 60.7 Å². The third kappa shape index (κ3) is 18.1. The second kappa shape index (κ2) is 25.5. The molecule has 14 N–H and O–H groups in total. The van der Waals surface area contributed by atoms with Crippen molar-refractivity contribution in [2.75, 3.05) is 57.2 Å². The van der Waals surface area contributed by atoms with Crippen LogP contribution in [0.25, 0.3) is 12.2 Å². The second-order valence-electron chi connectivity index (χ2n) is 18.3. The van der Waals surface area contributed by atoms with E-state index in [1.165, 1.54) is 49.6 Å². The van der Waals surface area contributed by atoms with Gasteiger partial charge in [0.1, 0.15) is 19.6 Å². The van der Waals surface area contributed by atoms with Crippen molar-refractivity contribution in [2.24, 2.45) is 0 Å². The Kier molecular flexibility index (Phi) is 20.0. The third-order valence-electron chi connectivity index (χ3n) is 10.8. The van der Waals surface area contributed by atoms with Crippen molar-refractivity contribution in [1.82, 2.24) is 29.9 Å². The van der Waals surface area contributed by atoms with Gasteiger partial charge in [0, 0.05) is 37.6 Å². The van der Waals surface area contributed by atoms with Gasteiger partial charge in [0.05, 0.1) is 45.6 Å². The fourth-order valence-electron chi connectivity index (χ4n) is 7.60. The van der Waals surface area contributed by atoms with E-state index in [1.807, 2.05) is 0 Å². The van der Waals surface area contributed by atoms with Gasteiger partial charge in [0.2, 0.25) is 35.7 Å². The van der Waals surface area contributed by atoms with Crippen molar-refractivity contribution in [2.45, 2.75) is 81.5 Å². The zero-order valence-corrected chi connectivity index (χ0v) is 48.5. The van der Waals surface area contributed by atoms with Crippen LogP contribution in [0.1, 0.15) is 38.8 Å². The minimum atomic E-state index is -5.21. The molecule has 0 aliphatic rings. The van der Waals surface area contributed by atoms with Crippen molar-refractivity contribution in [3.8, 4) is 0 Å². The van der Waals surface area contributed by atoms with E-state index in [1.54, 1.807) is 0 Å². The number of aromatic nitrogens is 6. The Balaban J connectivity index is 1.41. The summed E-state index contributed by atoms with van der Waals surface area (Å²) in [6, 6.07) is 10.1. The standard InChI is InChI=1S/C44H52N12O22S6/c1-23(57)19-55(20-24(2)58)43-51-39(49-41(53-43)47-33-17-31(79(61,62)63)11-13-35(33)81(67,68)69)45-29-9-7-27(37(15-29)83(73,74)75)5-6-28-8-10-30(16-38(28)84(76,77)78)46-40-50-42(54-44(52-40)56(21-25(3)59)22-26(4)60)48-34-18-32(80(64,65)66)12-14-36(34)82(70,71)72/h5-18,23-26,57-60H,19-22H2,1-4H3,(H,61,62,63)(H,64,65,66)(H,67,68,69)(H,70,71,72)(H,73,74,75)(H,76,77,78)(H2,45,47,49,51,53)(H2,46,48,50,52,54). The summed E-state index contributed by atoms with van der Waals surface area (Å²) in [4.78, 5) is 22.4. The topological polar surface area (TPSA) is 539 Å². The highest BCUT2D eigenvalue weighted by atomic mass is 32.2. The van der Waals surface area contributed by atoms with Crippen molar-refractivity contribution in [1.29, 1.82) is 0 Å². The summed E-state index contributed by atoms with van der Waals surface area (Å²) < 4.78 is 209. The number of hydrogen-bond acceptors (Lipinski definition) is 28. The normalized spacial score (nSPS) is 14.1. The molecule has 6 aromatic rings. The fourth-order valence-corrected chi connectivity index (χ4v) is 11.3. The van der Waals surface area contributed by atoms with Crippen LogP contribution < -0.4 is 31.1 Å². The van der Waals surface area contributed by atoms with Crippen LogP contribution in [-0.2, 0) is 60.7 Å². The van der Waals surface area contributed by atoms with Gasteiger partial charge in [0.15, 0.2) is 0 Å². The summed E-state index contributed by atoms with van der Waals surface area (Å²) in [5.41, 5.74) is -2.47. The van der Waals surface area contributed by atoms with Crippen LogP contribution in [0.3, 0.4) is 0 Å². The third-order valence-corrected chi connectivity index (χ3v) is 16.2. The van der Waals surface area contributed by atoms with Crippen LogP contribution in [-0.4, -0.2) is 179 Å². The molecule has 0 aliphatic heterocycles. The molecule has 0 saturated heterocycles. The molecule has 84 heavy (non-hydrogen) atoms. The van der Waals surface area contributed by atoms with E-state index in [4.69, 9.17) is 0 Å². The molecule has 2 aromatic heterocycles. The van der Waals surface area contributed by atoms with Crippen molar-refractivity contribution in [3.63, 3.8) is 0 Å². The lowest BCUT2D eigenvalue weighted by atomic mass is 10.1. The smallest absolute Gasteiger partial charge is 0.296 e. The number of hydrogen-bond donors (Lipinski definition) is 14. The van der Waals surface area contributed by atoms with E-state index in [0.717, 1.165) is 36.4 Å². The van der Waals surface area contributed by atoms with Gasteiger partial charge in [-0.3, -0.25) is 27.3 Å². The summed E-state index contributed by atoms with van der Waals surface area (Å²) in [5.74, 6) is -2.95. The average Bonchev–Trinajstić information content (AvgIpc) is 1.56. The molecule has 0 radical (unpaired) electrons. The molecule has 4 aromatic carbocycles. The van der Waals surface area contributed by atoms with E-state index in [9.17, 15) is 98.2 Å². The number of anilines is 10. The van der Waals surface area contributed by atoms with Crippen LogP contribution in [0.15, 0.2) is 102 Å². The molecule has 2 heterocycles. The van der Waals surface area contributed by atoms with E-state index in [-0.39, 0.29) is 60.6 Å². The quantitative estimate of drug-likeness (QED) is 0.0272. The Hall–Kier alpha value is -7.26. The molecule has 40 heteroatoms. The number of nitrogens with one attached hydrogen (secondary N) is 4. The Morgan fingerprint density at radius 1 is 0.381 bits per heavy atom. The predicted molar refractivity (Wildman–Crippen MR) is 298 cm³/mol. The number of rotatable bonds is 26. The van der Waals surface area contributed by atoms with Crippen LogP contribution in [0.5, 0.6) is 0 Å². The van der Waals surface area contributed by atoms with Gasteiger partial charge >= 0.3 is 0 Å². The van der Waals surface area contributed by atoms with Gasteiger partial charge in [-0.05, 0) is 99.5 Å². The molecule has 34 nitrogen and oxygen atoms in total. The molecule has 456 valence electrons. The summed E-state index contributed by atoms with van der Waals surface area (Å²) in [5, 5.41) is 51.2. The van der Waals surface area contributed by atoms with E-state index in [2.05, 4.69) is 51.2 Å². The zero-order chi connectivity index (χ0) is 62.7. The van der Waals surface area contributed by atoms with Crippen molar-refractivity contribution >= 4 is 131 Å². The first kappa shape index (κ1) is 65.9. The number of aliphatic hydroxyl groups excluding tert-OH is 4. The lowest BCUT2D eigenvalue weighted by Crippen LogP contribution is -2.37. The van der Waals surface area contributed by atoms with Crippen LogP contribution in [0, 0.1) is 0 Å². The maximum atomic E-state index is 12.9. The zero-order valence-electron chi connectivity index (χ0n) is 43.6. The minimum absolute atomic E-state index is 0.216. The highest BCUT2D eigenvalue weighted by Crippen LogP contribution is 2.33. The van der Waals surface area contributed by atoms with Gasteiger partial charge in [-0.1, -0.05) is 24.3 Å². The molecule has 0 spiro atoms. The predicted octanol–water partition coefficient (Wildman–Crippen LogP) is 1.82. The SMILES string of the molecule is CC(O)CN(CC(C)O)c1nc(Nc2ccc(C=Cc3ccc(Nc4nc(Nc5cc(S(=O)(=O)O)ccc5S(=O)(=O)O)nc(N(CC(C)O)CC(C)O)n4)cc3S(=O)(=O)O)c(S(=O)(=O)O)c2)nc(Nc2cc(S(=O)(=O)O)ccc2S(=O)(=O)O)n1. The first-order chi connectivity index (χ1) is 38.6. The maximum Gasteiger partial charge on any atom is 0.296 e. The largest absolute Gasteiger partial charge is 0.392 e. The molecule has 4 atom stereocenters. The molecular formula is C44H52N12O22S6. The highest BCUT2D eigenvalue weighted by Gasteiger charge is 2.27. The Labute approximate surface area is 479 Å². The number of benzene rings is 4. The Morgan fingerprint density at radius 2 is 0.667 bits per heavy atom. The highest BCUT2D eigenvalue weighted by molar-refractivity contribution is 7.87. The van der Waals surface area contributed by atoms with Crippen LogP contribution >= 0.6 is 0 Å². The first-order valence-corrected chi connectivity index (χ1v) is 32.2. The second-order valence-corrected chi connectivity index (χ2v) is 26.7. The maximum absolute atomic E-state index is 12.9. The Morgan fingerprint density at radius 3 is 0.929 bits per heavy atom. The van der Waals surface area contributed by atoms with Gasteiger partial charge in [-0.25, -0.2) is 0 Å². The molecule has 0 saturated carbocycles. The lowest BCUT2D eigenvalue weighted by Gasteiger charge is -2.26. The minimum Gasteiger partial charge on any atom is -0.392 e. The fraction of sp³-hybridized carbons (Fsp3) is 0.273. The van der Waals surface area contributed by atoms with E-state index >= 15 is 0 Å². The molecule has 0 fully saturated rings. The van der Waals surface area contributed by atoms with E-state index in [0.29, 0.717) is 36.4 Å². The summed E-state index contributed by atoms with van der Waals surface area (Å²) >= 11 is 0. The number of nitrogens with zero attached hydrogens (tertiary/aromatic N) is 8.